The Morgan fingerprint density at radius 2 is 2.09 bits per heavy atom. The third-order valence-corrected chi connectivity index (χ3v) is 11.2. The highest BCUT2D eigenvalue weighted by atomic mass is 35.5. The first kappa shape index (κ1) is 28.9. The van der Waals surface area contributed by atoms with Gasteiger partial charge in [0.05, 0.1) is 52.1 Å². The van der Waals surface area contributed by atoms with E-state index < -0.39 is 23.3 Å². The van der Waals surface area contributed by atoms with Gasteiger partial charge in [-0.25, -0.2) is 13.2 Å². The Hall–Kier alpha value is -3.57. The number of hydrogen-bond donors (Lipinski definition) is 1. The highest BCUT2D eigenvalue weighted by molar-refractivity contribution is 7.23. The van der Waals surface area contributed by atoms with Crippen molar-refractivity contribution in [2.45, 2.75) is 37.0 Å². The van der Waals surface area contributed by atoms with E-state index >= 15 is 4.39 Å². The van der Waals surface area contributed by atoms with Crippen LogP contribution in [0.5, 0.6) is 11.8 Å². The molecule has 3 fully saturated rings. The average Bonchev–Trinajstić information content (AvgIpc) is 3.78. The van der Waals surface area contributed by atoms with Gasteiger partial charge >= 0.3 is 6.01 Å². The molecule has 4 aliphatic heterocycles. The second kappa shape index (κ2) is 10.5. The predicted octanol–water partition coefficient (Wildman–Crippen LogP) is 5.70. The molecule has 0 saturated carbocycles. The van der Waals surface area contributed by atoms with E-state index in [1.54, 1.807) is 0 Å². The normalized spacial score (nSPS) is 26.0. The minimum absolute atomic E-state index is 0.0323. The van der Waals surface area contributed by atoms with Crippen LogP contribution >= 0.6 is 22.9 Å². The number of thiophene rings is 1. The van der Waals surface area contributed by atoms with Gasteiger partial charge in [0, 0.05) is 36.9 Å². The Labute approximate surface area is 265 Å². The maximum Gasteiger partial charge on any atom is 0.319 e. The molecule has 2 aromatic heterocycles. The summed E-state index contributed by atoms with van der Waals surface area (Å²) in [6, 6.07) is 4.42. The molecule has 2 aromatic carbocycles. The molecule has 4 atom stereocenters. The van der Waals surface area contributed by atoms with Gasteiger partial charge in [0.1, 0.15) is 41.0 Å². The Balaban J connectivity index is 1.35. The first-order valence-electron chi connectivity index (χ1n) is 14.8. The molecule has 14 heteroatoms. The number of nitrogen functional groups attached to an aromatic ring is 1. The van der Waals surface area contributed by atoms with Crippen LogP contribution in [0.25, 0.3) is 32.1 Å². The van der Waals surface area contributed by atoms with Crippen LogP contribution in [-0.2, 0) is 4.74 Å². The van der Waals surface area contributed by atoms with E-state index in [4.69, 9.17) is 36.5 Å². The maximum absolute atomic E-state index is 17.0. The molecular weight excluding hydrogens is 629 g/mol. The lowest BCUT2D eigenvalue weighted by Crippen LogP contribution is -2.44. The number of nitrogens with two attached hydrogens (primary N) is 1. The van der Waals surface area contributed by atoms with Crippen LogP contribution < -0.4 is 20.1 Å². The fraction of sp³-hybridized carbons (Fsp3) is 0.452. The highest BCUT2D eigenvalue weighted by Crippen LogP contribution is 2.51. The number of halogens is 4. The maximum atomic E-state index is 17.0. The van der Waals surface area contributed by atoms with Gasteiger partial charge in [-0.05, 0) is 31.0 Å². The topological polar surface area (TPSA) is 110 Å². The number of fused-ring (bicyclic) bond motifs is 3. The summed E-state index contributed by atoms with van der Waals surface area (Å²) in [6.45, 7) is 2.43. The molecule has 45 heavy (non-hydrogen) atoms. The van der Waals surface area contributed by atoms with Crippen LogP contribution in [0.1, 0.15) is 24.8 Å². The third-order valence-electron chi connectivity index (χ3n) is 9.81. The van der Waals surface area contributed by atoms with Gasteiger partial charge < -0.3 is 24.8 Å². The monoisotopic (exact) mass is 656 g/mol. The van der Waals surface area contributed by atoms with E-state index in [-0.39, 0.29) is 84.6 Å². The number of hydrogen-bond acceptors (Lipinski definition) is 10. The van der Waals surface area contributed by atoms with E-state index in [2.05, 4.69) is 9.88 Å². The number of nitriles is 1. The Bertz CT molecular complexity index is 1940. The molecule has 4 aliphatic rings. The first-order chi connectivity index (χ1) is 21.7. The molecule has 0 spiro atoms. The summed E-state index contributed by atoms with van der Waals surface area (Å²) in [5, 5.41) is 10.4. The van der Waals surface area contributed by atoms with Crippen LogP contribution in [0.3, 0.4) is 0 Å². The standard InChI is InChI=1S/C31H28ClF3N6O3S/c1-40-19-12-42-10-14(19)11-43-26-22-25(38-30(39-29(22)40)44-13-31-5-2-6-41(31)9-15(33)7-31)24(35)21(23(26)32)16-3-4-18(34)27-20(16)17(8-36)28(37)45-27/h3-4,14-15,19H,2,5-7,9-13,37H2,1H3/t14?,15-,19?,31+/m1/s1. The summed E-state index contributed by atoms with van der Waals surface area (Å²) in [7, 11) is 1.85. The SMILES string of the molecule is CN1c2nc(OC[C@@]34CCCN3C[C@H](F)C4)nc3c(F)c(-c4ccc(F)c5sc(N)c(C#N)c45)c(Cl)c(c23)OCC2COCC21. The number of alkyl halides is 1. The summed E-state index contributed by atoms with van der Waals surface area (Å²) >= 11 is 7.92. The van der Waals surface area contributed by atoms with Crippen molar-refractivity contribution in [2.75, 3.05) is 57.2 Å². The molecule has 234 valence electrons. The molecule has 2 unspecified atom stereocenters. The van der Waals surface area contributed by atoms with Gasteiger partial charge in [0.25, 0.3) is 0 Å². The fourth-order valence-electron chi connectivity index (χ4n) is 7.60. The predicted molar refractivity (Wildman–Crippen MR) is 165 cm³/mol. The van der Waals surface area contributed by atoms with E-state index in [1.165, 1.54) is 12.1 Å². The third kappa shape index (κ3) is 4.26. The zero-order chi connectivity index (χ0) is 31.2. The number of likely N-dealkylation sites (N-methyl/N-ethyl adjacent to an activating group) is 1. The quantitative estimate of drug-likeness (QED) is 0.296. The van der Waals surface area contributed by atoms with Crippen molar-refractivity contribution >= 4 is 54.7 Å². The molecule has 9 nitrogen and oxygen atoms in total. The largest absolute Gasteiger partial charge is 0.491 e. The van der Waals surface area contributed by atoms with E-state index in [1.807, 2.05) is 18.0 Å². The van der Waals surface area contributed by atoms with Crippen LogP contribution in [0.15, 0.2) is 12.1 Å². The number of rotatable bonds is 4. The van der Waals surface area contributed by atoms with Crippen LogP contribution in [0.2, 0.25) is 5.02 Å². The summed E-state index contributed by atoms with van der Waals surface area (Å²) in [6.07, 6.45) is 1.13. The zero-order valence-corrected chi connectivity index (χ0v) is 25.8. The van der Waals surface area contributed by atoms with Gasteiger partial charge in [-0.2, -0.15) is 15.2 Å². The van der Waals surface area contributed by atoms with Crippen molar-refractivity contribution in [1.82, 2.24) is 14.9 Å². The molecule has 6 heterocycles. The smallest absolute Gasteiger partial charge is 0.319 e. The van der Waals surface area contributed by atoms with E-state index in [0.717, 1.165) is 30.7 Å². The first-order valence-corrected chi connectivity index (χ1v) is 16.0. The molecule has 0 aliphatic carbocycles. The average molecular weight is 657 g/mol. The zero-order valence-electron chi connectivity index (χ0n) is 24.2. The number of aromatic nitrogens is 2. The molecular formula is C31H28ClF3N6O3S. The van der Waals surface area contributed by atoms with Gasteiger partial charge in [0.15, 0.2) is 11.6 Å². The van der Waals surface area contributed by atoms with Gasteiger partial charge in [-0.15, -0.1) is 11.3 Å². The summed E-state index contributed by atoms with van der Waals surface area (Å²) in [5.41, 5.74) is 5.61. The summed E-state index contributed by atoms with van der Waals surface area (Å²) in [5.74, 6) is -0.914. The number of nitrogens with zero attached hydrogens (tertiary/aromatic N) is 5. The minimum atomic E-state index is -0.941. The van der Waals surface area contributed by atoms with E-state index in [9.17, 15) is 14.0 Å². The van der Waals surface area contributed by atoms with Gasteiger partial charge in [0.2, 0.25) is 0 Å². The lowest BCUT2D eigenvalue weighted by Gasteiger charge is -2.34. The minimum Gasteiger partial charge on any atom is -0.491 e. The van der Waals surface area contributed by atoms with Crippen molar-refractivity contribution in [3.05, 3.63) is 34.4 Å². The lowest BCUT2D eigenvalue weighted by atomic mass is 9.95. The van der Waals surface area contributed by atoms with Crippen molar-refractivity contribution in [3.8, 4) is 29.0 Å². The molecule has 0 radical (unpaired) electrons. The second-order valence-corrected chi connectivity index (χ2v) is 13.7. The lowest BCUT2D eigenvalue weighted by molar-refractivity contribution is 0.107. The number of ether oxygens (including phenoxy) is 3. The van der Waals surface area contributed by atoms with E-state index in [0.29, 0.717) is 32.0 Å². The molecule has 0 amide bonds. The fourth-order valence-corrected chi connectivity index (χ4v) is 8.89. The van der Waals surface area contributed by atoms with Crippen molar-refractivity contribution in [2.24, 2.45) is 5.92 Å². The van der Waals surface area contributed by atoms with Crippen molar-refractivity contribution in [3.63, 3.8) is 0 Å². The summed E-state index contributed by atoms with van der Waals surface area (Å²) < 4.78 is 64.9. The van der Waals surface area contributed by atoms with Gasteiger partial charge in [-0.1, -0.05) is 17.7 Å². The van der Waals surface area contributed by atoms with Crippen molar-refractivity contribution in [1.29, 1.82) is 5.26 Å². The molecule has 3 saturated heterocycles. The van der Waals surface area contributed by atoms with Crippen LogP contribution in [-0.4, -0.2) is 79.2 Å². The number of benzene rings is 2. The van der Waals surface area contributed by atoms with Crippen molar-refractivity contribution < 1.29 is 27.4 Å². The molecule has 2 N–H and O–H groups in total. The van der Waals surface area contributed by atoms with Crippen LogP contribution in [0.4, 0.5) is 24.0 Å². The molecule has 8 rings (SSSR count). The molecule has 4 aromatic rings. The highest BCUT2D eigenvalue weighted by Gasteiger charge is 2.49. The summed E-state index contributed by atoms with van der Waals surface area (Å²) in [4.78, 5) is 13.4. The number of anilines is 2. The molecule has 0 bridgehead atoms. The van der Waals surface area contributed by atoms with Crippen LogP contribution in [0, 0.1) is 28.9 Å². The Morgan fingerprint density at radius 1 is 1.24 bits per heavy atom. The van der Waals surface area contributed by atoms with Gasteiger partial charge in [-0.3, -0.25) is 4.90 Å². The second-order valence-electron chi connectivity index (χ2n) is 12.3. The Kier molecular flexibility index (Phi) is 6.73. The Morgan fingerprint density at radius 3 is 2.91 bits per heavy atom.